The van der Waals surface area contributed by atoms with Crippen LogP contribution in [0.4, 0.5) is 0 Å². The van der Waals surface area contributed by atoms with Crippen LogP contribution >= 0.6 is 0 Å². The second kappa shape index (κ2) is 15.2. The Morgan fingerprint density at radius 1 is 0.730 bits per heavy atom. The van der Waals surface area contributed by atoms with E-state index in [0.29, 0.717) is 23.3 Å². The fourth-order valence-corrected chi connectivity index (χ4v) is 5.94. The van der Waals surface area contributed by atoms with E-state index in [1.165, 1.54) is 16.7 Å². The van der Waals surface area contributed by atoms with Crippen molar-refractivity contribution >= 4 is 11.9 Å². The smallest absolute Gasteiger partial charge is 0.227 e. The zero-order valence-corrected chi connectivity index (χ0v) is 24.9. The van der Waals surface area contributed by atoms with Crippen LogP contribution in [0.1, 0.15) is 169 Å². The van der Waals surface area contributed by atoms with E-state index in [9.17, 15) is 9.90 Å². The summed E-state index contributed by atoms with van der Waals surface area (Å²) in [6.45, 7) is 17.8. The highest BCUT2D eigenvalue weighted by Crippen LogP contribution is 2.36. The van der Waals surface area contributed by atoms with E-state index in [4.69, 9.17) is 0 Å². The van der Waals surface area contributed by atoms with Crippen molar-refractivity contribution in [2.75, 3.05) is 0 Å². The first-order chi connectivity index (χ1) is 17.7. The molecule has 1 N–H and O–H groups in total. The van der Waals surface area contributed by atoms with Gasteiger partial charge in [0, 0.05) is 5.56 Å². The van der Waals surface area contributed by atoms with E-state index < -0.39 is 0 Å². The average Bonchev–Trinajstić information content (AvgIpc) is 2.88. The minimum absolute atomic E-state index is 0.157. The van der Waals surface area contributed by atoms with Gasteiger partial charge >= 0.3 is 0 Å². The number of carbonyl (C=O) groups is 1. The molecule has 2 aromatic rings. The fourth-order valence-electron chi connectivity index (χ4n) is 5.94. The Morgan fingerprint density at radius 3 is 1.86 bits per heavy atom. The first kappa shape index (κ1) is 30.9. The summed E-state index contributed by atoms with van der Waals surface area (Å²) < 4.78 is 0. The number of allylic oxidation sites excluding steroid dienone is 1. The third-order valence-electron chi connectivity index (χ3n) is 8.03. The molecule has 4 atom stereocenters. The molecule has 4 unspecified atom stereocenters. The molecule has 204 valence electrons. The van der Waals surface area contributed by atoms with Crippen LogP contribution in [0.3, 0.4) is 0 Å². The lowest BCUT2D eigenvalue weighted by molar-refractivity contribution is 0.0979. The van der Waals surface area contributed by atoms with Crippen molar-refractivity contribution in [1.29, 1.82) is 0 Å². The summed E-state index contributed by atoms with van der Waals surface area (Å²) in [6, 6.07) is 12.7. The van der Waals surface area contributed by atoms with Crippen LogP contribution in [-0.4, -0.2) is 10.9 Å². The number of hydrogen-bond acceptors (Lipinski definition) is 2. The molecule has 37 heavy (non-hydrogen) atoms. The van der Waals surface area contributed by atoms with Crippen molar-refractivity contribution in [1.82, 2.24) is 0 Å². The average molecular weight is 505 g/mol. The highest BCUT2D eigenvalue weighted by molar-refractivity contribution is 6.10. The largest absolute Gasteiger partial charge is 0.504 e. The summed E-state index contributed by atoms with van der Waals surface area (Å²) in [5, 5.41) is 11.3. The molecular formula is C35H52O2. The van der Waals surface area contributed by atoms with E-state index >= 15 is 0 Å². The van der Waals surface area contributed by atoms with Crippen LogP contribution < -0.4 is 0 Å². The molecule has 0 saturated heterocycles. The summed E-state index contributed by atoms with van der Waals surface area (Å²) in [7, 11) is 0. The minimum Gasteiger partial charge on any atom is -0.504 e. The van der Waals surface area contributed by atoms with Gasteiger partial charge in [-0.2, -0.15) is 0 Å². The SMILES string of the molecule is CCCC(C)c1ccc(C(C)CCC)c(C=C(O)C(=O)c2cccc(C(C)CCC)c2C(C)CCC)c1. The Bertz CT molecular complexity index is 1030. The maximum Gasteiger partial charge on any atom is 0.227 e. The number of rotatable bonds is 15. The zero-order chi connectivity index (χ0) is 27.5. The maximum absolute atomic E-state index is 13.8. The van der Waals surface area contributed by atoms with Gasteiger partial charge in [-0.15, -0.1) is 0 Å². The van der Waals surface area contributed by atoms with Gasteiger partial charge in [0.05, 0.1) is 0 Å². The summed E-state index contributed by atoms with van der Waals surface area (Å²) in [4.78, 5) is 13.8. The lowest BCUT2D eigenvalue weighted by Gasteiger charge is -2.23. The molecule has 0 aliphatic heterocycles. The monoisotopic (exact) mass is 504 g/mol. The first-order valence-corrected chi connectivity index (χ1v) is 14.9. The lowest BCUT2D eigenvalue weighted by Crippen LogP contribution is -2.13. The minimum atomic E-state index is -0.260. The molecular weight excluding hydrogens is 452 g/mol. The number of aliphatic hydroxyl groups excluding tert-OH is 1. The summed E-state index contributed by atoms with van der Waals surface area (Å²) in [5.41, 5.74) is 6.50. The van der Waals surface area contributed by atoms with Gasteiger partial charge in [0.2, 0.25) is 5.78 Å². The van der Waals surface area contributed by atoms with E-state index in [0.717, 1.165) is 62.5 Å². The van der Waals surface area contributed by atoms with Crippen LogP contribution in [0.25, 0.3) is 6.08 Å². The third-order valence-corrected chi connectivity index (χ3v) is 8.03. The van der Waals surface area contributed by atoms with E-state index in [1.807, 2.05) is 12.1 Å². The Balaban J connectivity index is 2.61. The van der Waals surface area contributed by atoms with E-state index in [2.05, 4.69) is 79.7 Å². The number of Topliss-reactive ketones (excluding diaryl/α,β-unsaturated/α-hetero) is 1. The van der Waals surface area contributed by atoms with Crippen molar-refractivity contribution in [2.45, 2.75) is 130 Å². The number of carbonyl (C=O) groups excluding carboxylic acids is 1. The van der Waals surface area contributed by atoms with E-state index in [-0.39, 0.29) is 17.5 Å². The molecule has 2 aromatic carbocycles. The molecule has 2 nitrogen and oxygen atoms in total. The topological polar surface area (TPSA) is 37.3 Å². The predicted molar refractivity (Wildman–Crippen MR) is 161 cm³/mol. The quantitative estimate of drug-likeness (QED) is 0.149. The fraction of sp³-hybridized carbons (Fsp3) is 0.571. The number of hydrogen-bond donors (Lipinski definition) is 1. The van der Waals surface area contributed by atoms with Gasteiger partial charge in [-0.1, -0.05) is 117 Å². The molecule has 2 heteroatoms. The van der Waals surface area contributed by atoms with Crippen LogP contribution in [0.5, 0.6) is 0 Å². The summed E-state index contributed by atoms with van der Waals surface area (Å²) in [6.07, 6.45) is 10.5. The Kier molecular flexibility index (Phi) is 12.6. The zero-order valence-electron chi connectivity index (χ0n) is 24.9. The van der Waals surface area contributed by atoms with Crippen LogP contribution in [-0.2, 0) is 0 Å². The van der Waals surface area contributed by atoms with Gasteiger partial charge < -0.3 is 5.11 Å². The maximum atomic E-state index is 13.8. The molecule has 0 aliphatic rings. The van der Waals surface area contributed by atoms with Gasteiger partial charge in [-0.3, -0.25) is 4.79 Å². The standard InChI is InChI=1S/C35H52O2/c1-9-14-24(5)28-20-21-30(25(6)15-10-2)29(22-28)23-33(36)35(37)32-19-13-18-31(26(7)16-11-3)34(32)27(8)17-12-4/h13,18-27,36H,9-12,14-17H2,1-8H3. The van der Waals surface area contributed by atoms with Crippen LogP contribution in [0.15, 0.2) is 42.2 Å². The first-order valence-electron chi connectivity index (χ1n) is 14.9. The highest BCUT2D eigenvalue weighted by atomic mass is 16.3. The number of aliphatic hydroxyl groups is 1. The molecule has 0 aromatic heterocycles. The molecule has 0 fully saturated rings. The number of benzene rings is 2. The second-order valence-electron chi connectivity index (χ2n) is 11.3. The van der Waals surface area contributed by atoms with Gasteiger partial charge in [0.1, 0.15) is 0 Å². The Morgan fingerprint density at radius 2 is 1.27 bits per heavy atom. The molecule has 0 saturated carbocycles. The molecule has 0 aliphatic carbocycles. The molecule has 0 heterocycles. The predicted octanol–water partition coefficient (Wildman–Crippen LogP) is 11.1. The van der Waals surface area contributed by atoms with Crippen molar-refractivity contribution in [2.24, 2.45) is 0 Å². The lowest BCUT2D eigenvalue weighted by atomic mass is 9.81. The molecule has 0 amide bonds. The van der Waals surface area contributed by atoms with Crippen LogP contribution in [0.2, 0.25) is 0 Å². The van der Waals surface area contributed by atoms with Crippen molar-refractivity contribution < 1.29 is 9.90 Å². The van der Waals surface area contributed by atoms with Gasteiger partial charge in [-0.05, 0) is 83.2 Å². The van der Waals surface area contributed by atoms with Gasteiger partial charge in [0.15, 0.2) is 5.76 Å². The summed E-state index contributed by atoms with van der Waals surface area (Å²) in [5.74, 6) is 1.05. The molecule has 0 spiro atoms. The van der Waals surface area contributed by atoms with Crippen molar-refractivity contribution in [3.8, 4) is 0 Å². The molecule has 0 radical (unpaired) electrons. The molecule has 2 rings (SSSR count). The van der Waals surface area contributed by atoms with E-state index in [1.54, 1.807) is 6.08 Å². The van der Waals surface area contributed by atoms with Crippen molar-refractivity contribution in [3.05, 3.63) is 75.5 Å². The summed E-state index contributed by atoms with van der Waals surface area (Å²) >= 11 is 0. The Hall–Kier alpha value is -2.35. The normalized spacial score (nSPS) is 15.3. The van der Waals surface area contributed by atoms with Gasteiger partial charge in [0.25, 0.3) is 0 Å². The third kappa shape index (κ3) is 8.06. The number of ketones is 1. The van der Waals surface area contributed by atoms with Crippen LogP contribution in [0, 0.1) is 0 Å². The van der Waals surface area contributed by atoms with Gasteiger partial charge in [-0.25, -0.2) is 0 Å². The highest BCUT2D eigenvalue weighted by Gasteiger charge is 2.24. The molecule has 0 bridgehead atoms. The van der Waals surface area contributed by atoms with Crippen molar-refractivity contribution in [3.63, 3.8) is 0 Å². The second-order valence-corrected chi connectivity index (χ2v) is 11.3. The Labute approximate surface area is 227 Å².